The molecule has 5 nitrogen and oxygen atoms in total. The van der Waals surface area contributed by atoms with Crippen LogP contribution < -0.4 is 16.4 Å². The van der Waals surface area contributed by atoms with Crippen LogP contribution in [0.15, 0.2) is 0 Å². The molecule has 2 unspecified atom stereocenters. The number of carbonyl (C=O) groups is 1. The zero-order valence-corrected chi connectivity index (χ0v) is 13.6. The molecule has 0 saturated heterocycles. The molecule has 1 aliphatic rings. The molecule has 1 amide bonds. The average molecular weight is 314 g/mol. The van der Waals surface area contributed by atoms with Crippen molar-refractivity contribution in [3.05, 3.63) is 4.88 Å². The van der Waals surface area contributed by atoms with Crippen LogP contribution in [-0.2, 0) is 0 Å². The van der Waals surface area contributed by atoms with Crippen molar-refractivity contribution in [3.63, 3.8) is 0 Å². The first-order chi connectivity index (χ1) is 9.63. The highest BCUT2D eigenvalue weighted by atomic mass is 32.2. The summed E-state index contributed by atoms with van der Waals surface area (Å²) < 4.78 is 0. The third-order valence-electron chi connectivity index (χ3n) is 3.44. The predicted octanol–water partition coefficient (Wildman–Crippen LogP) is 2.56. The standard InChI is InChI=1S/C13H22N4OS2/c1-3-6-15-13-17-11(14)10(20-13)12(18)16-8-4-5-9(7-8)19-2/h8-9H,3-7,14H2,1-2H3,(H,15,17)(H,16,18). The molecule has 0 radical (unpaired) electrons. The van der Waals surface area contributed by atoms with Crippen LogP contribution in [0.25, 0.3) is 0 Å². The smallest absolute Gasteiger partial charge is 0.265 e. The second kappa shape index (κ2) is 7.17. The Morgan fingerprint density at radius 3 is 3.00 bits per heavy atom. The lowest BCUT2D eigenvalue weighted by molar-refractivity contribution is 0.0943. The van der Waals surface area contributed by atoms with Gasteiger partial charge in [-0.3, -0.25) is 4.79 Å². The Morgan fingerprint density at radius 1 is 1.55 bits per heavy atom. The Balaban J connectivity index is 1.93. The number of hydrogen-bond donors (Lipinski definition) is 3. The summed E-state index contributed by atoms with van der Waals surface area (Å²) in [6.07, 6.45) is 6.41. The first-order valence-electron chi connectivity index (χ1n) is 6.97. The largest absolute Gasteiger partial charge is 0.382 e. The van der Waals surface area contributed by atoms with Crippen LogP contribution in [0.5, 0.6) is 0 Å². The average Bonchev–Trinajstić information content (AvgIpc) is 3.02. The number of carbonyl (C=O) groups excluding carboxylic acids is 1. The number of hydrogen-bond acceptors (Lipinski definition) is 6. The topological polar surface area (TPSA) is 80.0 Å². The van der Waals surface area contributed by atoms with Crippen LogP contribution in [0.1, 0.15) is 42.3 Å². The highest BCUT2D eigenvalue weighted by molar-refractivity contribution is 7.99. The molecular formula is C13H22N4OS2. The molecule has 0 bridgehead atoms. The first kappa shape index (κ1) is 15.4. The van der Waals surface area contributed by atoms with Crippen molar-refractivity contribution in [1.29, 1.82) is 0 Å². The number of nitrogen functional groups attached to an aromatic ring is 1. The molecule has 1 aromatic rings. The minimum Gasteiger partial charge on any atom is -0.382 e. The Hall–Kier alpha value is -0.950. The summed E-state index contributed by atoms with van der Waals surface area (Å²) in [6, 6.07) is 0.272. The van der Waals surface area contributed by atoms with Gasteiger partial charge in [-0.2, -0.15) is 11.8 Å². The van der Waals surface area contributed by atoms with Crippen molar-refractivity contribution >= 4 is 40.0 Å². The third kappa shape index (κ3) is 3.79. The van der Waals surface area contributed by atoms with Gasteiger partial charge in [-0.1, -0.05) is 18.3 Å². The fourth-order valence-corrected chi connectivity index (χ4v) is 3.95. The van der Waals surface area contributed by atoms with E-state index in [1.54, 1.807) is 0 Å². The van der Waals surface area contributed by atoms with Crippen molar-refractivity contribution in [3.8, 4) is 0 Å². The number of aromatic nitrogens is 1. The van der Waals surface area contributed by atoms with Gasteiger partial charge in [0.25, 0.3) is 5.91 Å². The lowest BCUT2D eigenvalue weighted by Gasteiger charge is -2.11. The van der Waals surface area contributed by atoms with Crippen LogP contribution in [-0.4, -0.2) is 35.0 Å². The number of nitrogens with one attached hydrogen (secondary N) is 2. The minimum atomic E-state index is -0.0868. The second-order valence-corrected chi connectivity index (χ2v) is 7.14. The summed E-state index contributed by atoms with van der Waals surface area (Å²) >= 11 is 3.21. The van der Waals surface area contributed by atoms with Gasteiger partial charge in [-0.05, 0) is 31.9 Å². The van der Waals surface area contributed by atoms with Gasteiger partial charge in [0.2, 0.25) is 0 Å². The first-order valence-corrected chi connectivity index (χ1v) is 9.08. The van der Waals surface area contributed by atoms with E-state index in [1.165, 1.54) is 17.8 Å². The van der Waals surface area contributed by atoms with Crippen molar-refractivity contribution in [1.82, 2.24) is 10.3 Å². The number of thiazole rings is 1. The second-order valence-electron chi connectivity index (χ2n) is 5.00. The van der Waals surface area contributed by atoms with Crippen LogP contribution in [0.3, 0.4) is 0 Å². The molecule has 7 heteroatoms. The number of anilines is 2. The van der Waals surface area contributed by atoms with Gasteiger partial charge in [-0.25, -0.2) is 4.98 Å². The lowest BCUT2D eigenvalue weighted by atomic mass is 10.2. The highest BCUT2D eigenvalue weighted by Gasteiger charge is 2.26. The molecule has 1 saturated carbocycles. The van der Waals surface area contributed by atoms with E-state index in [0.717, 1.165) is 30.9 Å². The summed E-state index contributed by atoms with van der Waals surface area (Å²) in [5.41, 5.74) is 5.84. The maximum Gasteiger partial charge on any atom is 0.265 e. The van der Waals surface area contributed by atoms with E-state index in [0.29, 0.717) is 15.9 Å². The Morgan fingerprint density at radius 2 is 2.35 bits per heavy atom. The van der Waals surface area contributed by atoms with Crippen LogP contribution >= 0.6 is 23.1 Å². The third-order valence-corrected chi connectivity index (χ3v) is 5.56. The molecule has 1 aliphatic carbocycles. The Labute approximate surface area is 128 Å². The van der Waals surface area contributed by atoms with E-state index in [-0.39, 0.29) is 11.9 Å². The lowest BCUT2D eigenvalue weighted by Crippen LogP contribution is -2.33. The molecule has 20 heavy (non-hydrogen) atoms. The fourth-order valence-electron chi connectivity index (χ4n) is 2.34. The quantitative estimate of drug-likeness (QED) is 0.752. The number of nitrogens with two attached hydrogens (primary N) is 1. The van der Waals surface area contributed by atoms with Crippen LogP contribution in [0.2, 0.25) is 0 Å². The monoisotopic (exact) mass is 314 g/mol. The molecule has 0 aromatic carbocycles. The number of thioether (sulfide) groups is 1. The molecule has 1 aromatic heterocycles. The van der Waals surface area contributed by atoms with Gasteiger partial charge < -0.3 is 16.4 Å². The molecular weight excluding hydrogens is 292 g/mol. The number of rotatable bonds is 6. The normalized spacial score (nSPS) is 21.9. The van der Waals surface area contributed by atoms with E-state index >= 15 is 0 Å². The van der Waals surface area contributed by atoms with Crippen molar-refractivity contribution in [2.75, 3.05) is 23.9 Å². The predicted molar refractivity (Wildman–Crippen MR) is 87.7 cm³/mol. The van der Waals surface area contributed by atoms with Gasteiger partial charge in [0, 0.05) is 17.8 Å². The van der Waals surface area contributed by atoms with Crippen LogP contribution in [0.4, 0.5) is 10.9 Å². The van der Waals surface area contributed by atoms with Gasteiger partial charge in [-0.15, -0.1) is 0 Å². The van der Waals surface area contributed by atoms with Gasteiger partial charge in [0.15, 0.2) is 5.13 Å². The van der Waals surface area contributed by atoms with E-state index < -0.39 is 0 Å². The van der Waals surface area contributed by atoms with Crippen molar-refractivity contribution in [2.24, 2.45) is 0 Å². The number of amides is 1. The fraction of sp³-hybridized carbons (Fsp3) is 0.692. The van der Waals surface area contributed by atoms with E-state index in [9.17, 15) is 4.79 Å². The Bertz CT molecular complexity index is 463. The summed E-state index contributed by atoms with van der Waals surface area (Å²) in [5, 5.41) is 7.64. The maximum absolute atomic E-state index is 12.2. The summed E-state index contributed by atoms with van der Waals surface area (Å²) in [7, 11) is 0. The molecule has 1 heterocycles. The van der Waals surface area contributed by atoms with Gasteiger partial charge >= 0.3 is 0 Å². The molecule has 2 atom stereocenters. The van der Waals surface area contributed by atoms with E-state index in [2.05, 4.69) is 28.8 Å². The van der Waals surface area contributed by atoms with Crippen molar-refractivity contribution in [2.45, 2.75) is 43.9 Å². The molecule has 0 spiro atoms. The highest BCUT2D eigenvalue weighted by Crippen LogP contribution is 2.29. The van der Waals surface area contributed by atoms with Gasteiger partial charge in [0.1, 0.15) is 10.7 Å². The maximum atomic E-state index is 12.2. The van der Waals surface area contributed by atoms with Crippen LogP contribution in [0, 0.1) is 0 Å². The molecule has 0 aliphatic heterocycles. The molecule has 4 N–H and O–H groups in total. The van der Waals surface area contributed by atoms with Gasteiger partial charge in [0.05, 0.1) is 0 Å². The molecule has 1 fully saturated rings. The van der Waals surface area contributed by atoms with E-state index in [1.807, 2.05) is 11.8 Å². The summed E-state index contributed by atoms with van der Waals surface area (Å²) in [6.45, 7) is 2.92. The minimum absolute atomic E-state index is 0.0868. The zero-order valence-electron chi connectivity index (χ0n) is 11.9. The SMILES string of the molecule is CCCNc1nc(N)c(C(=O)NC2CCC(SC)C2)s1. The van der Waals surface area contributed by atoms with E-state index in [4.69, 9.17) is 5.73 Å². The summed E-state index contributed by atoms with van der Waals surface area (Å²) in [5.74, 6) is 0.238. The summed E-state index contributed by atoms with van der Waals surface area (Å²) in [4.78, 5) is 17.0. The molecule has 2 rings (SSSR count). The Kier molecular flexibility index (Phi) is 5.54. The number of nitrogens with zero attached hydrogens (tertiary/aromatic N) is 1. The molecule has 112 valence electrons. The van der Waals surface area contributed by atoms with Crippen molar-refractivity contribution < 1.29 is 4.79 Å². The zero-order chi connectivity index (χ0) is 14.5.